The molecular formula is C20H21N5O3. The molecule has 0 bridgehead atoms. The molecule has 4 rings (SSSR count). The average molecular weight is 379 g/mol. The predicted molar refractivity (Wildman–Crippen MR) is 102 cm³/mol. The molecule has 0 aliphatic carbocycles. The monoisotopic (exact) mass is 379 g/mol. The number of methoxy groups -OCH3 is 2. The summed E-state index contributed by atoms with van der Waals surface area (Å²) in [5, 5.41) is 11.1. The Bertz CT molecular complexity index is 956. The minimum absolute atomic E-state index is 0.00337. The predicted octanol–water partition coefficient (Wildman–Crippen LogP) is 2.66. The number of nitrogens with zero attached hydrogens (tertiary/aromatic N) is 5. The highest BCUT2D eigenvalue weighted by atomic mass is 16.5. The molecule has 1 fully saturated rings. The quantitative estimate of drug-likeness (QED) is 0.678. The summed E-state index contributed by atoms with van der Waals surface area (Å²) in [5.74, 6) is 1.47. The van der Waals surface area contributed by atoms with Crippen LogP contribution in [0.5, 0.6) is 11.5 Å². The third kappa shape index (κ3) is 3.28. The molecule has 1 aliphatic rings. The number of likely N-dealkylation sites (tertiary alicyclic amines) is 1. The van der Waals surface area contributed by atoms with Crippen LogP contribution < -0.4 is 9.47 Å². The summed E-state index contributed by atoms with van der Waals surface area (Å²) < 4.78 is 12.4. The summed E-state index contributed by atoms with van der Waals surface area (Å²) in [5.41, 5.74) is 2.44. The first-order valence-electron chi connectivity index (χ1n) is 9.07. The van der Waals surface area contributed by atoms with Gasteiger partial charge in [-0.1, -0.05) is 0 Å². The maximum Gasteiger partial charge on any atom is 0.254 e. The SMILES string of the molecule is COc1ccc([C@@H]2CCCN2C(=O)c2ccc(-n3cnnn3)cc2)c(OC)c1. The lowest BCUT2D eigenvalue weighted by atomic mass is 10.0. The second-order valence-electron chi connectivity index (χ2n) is 6.57. The van der Waals surface area contributed by atoms with E-state index in [1.807, 2.05) is 35.2 Å². The van der Waals surface area contributed by atoms with Crippen LogP contribution in [0.15, 0.2) is 48.8 Å². The highest BCUT2D eigenvalue weighted by molar-refractivity contribution is 5.95. The van der Waals surface area contributed by atoms with Crippen molar-refractivity contribution in [3.8, 4) is 17.2 Å². The van der Waals surface area contributed by atoms with E-state index in [1.54, 1.807) is 31.0 Å². The van der Waals surface area contributed by atoms with Crippen LogP contribution >= 0.6 is 0 Å². The zero-order chi connectivity index (χ0) is 19.5. The molecule has 1 saturated heterocycles. The molecule has 0 N–H and O–H groups in total. The van der Waals surface area contributed by atoms with Gasteiger partial charge in [0.1, 0.15) is 17.8 Å². The topological polar surface area (TPSA) is 82.4 Å². The van der Waals surface area contributed by atoms with Crippen molar-refractivity contribution < 1.29 is 14.3 Å². The Hall–Kier alpha value is -3.42. The van der Waals surface area contributed by atoms with E-state index in [-0.39, 0.29) is 11.9 Å². The number of tetrazole rings is 1. The van der Waals surface area contributed by atoms with Crippen molar-refractivity contribution in [2.24, 2.45) is 0 Å². The number of amides is 1. The van der Waals surface area contributed by atoms with Gasteiger partial charge in [-0.2, -0.15) is 0 Å². The maximum absolute atomic E-state index is 13.2. The number of ether oxygens (including phenoxy) is 2. The molecule has 1 atom stereocenters. The standard InChI is InChI=1S/C20H21N5O3/c1-27-16-9-10-17(19(12-16)28-2)18-4-3-11-24(18)20(26)14-5-7-15(8-6-14)25-13-21-22-23-25/h5-10,12-13,18H,3-4,11H2,1-2H3/t18-/m0/s1. The van der Waals surface area contributed by atoms with Crippen LogP contribution in [0.4, 0.5) is 0 Å². The summed E-state index contributed by atoms with van der Waals surface area (Å²) in [6.07, 6.45) is 3.37. The first kappa shape index (κ1) is 18.0. The first-order valence-corrected chi connectivity index (χ1v) is 9.07. The van der Waals surface area contributed by atoms with Gasteiger partial charge in [0, 0.05) is 23.7 Å². The van der Waals surface area contributed by atoms with Crippen molar-refractivity contribution in [1.82, 2.24) is 25.1 Å². The number of carbonyl (C=O) groups excluding carboxylic acids is 1. The van der Waals surface area contributed by atoms with Gasteiger partial charge in [-0.3, -0.25) is 4.79 Å². The molecule has 1 amide bonds. The van der Waals surface area contributed by atoms with Crippen LogP contribution in [-0.4, -0.2) is 51.8 Å². The van der Waals surface area contributed by atoms with Gasteiger partial charge < -0.3 is 14.4 Å². The molecule has 0 radical (unpaired) electrons. The smallest absolute Gasteiger partial charge is 0.254 e. The fourth-order valence-corrected chi connectivity index (χ4v) is 3.63. The Morgan fingerprint density at radius 1 is 1.11 bits per heavy atom. The summed E-state index contributed by atoms with van der Waals surface area (Å²) in [7, 11) is 3.26. The van der Waals surface area contributed by atoms with Gasteiger partial charge >= 0.3 is 0 Å². The van der Waals surface area contributed by atoms with E-state index in [0.717, 1.165) is 35.6 Å². The summed E-state index contributed by atoms with van der Waals surface area (Å²) >= 11 is 0. The number of aromatic nitrogens is 4. The number of carbonyl (C=O) groups is 1. The van der Waals surface area contributed by atoms with Gasteiger partial charge in [0.15, 0.2) is 0 Å². The van der Waals surface area contributed by atoms with E-state index in [2.05, 4.69) is 15.5 Å². The van der Waals surface area contributed by atoms with Crippen molar-refractivity contribution in [3.63, 3.8) is 0 Å². The minimum Gasteiger partial charge on any atom is -0.497 e. The normalized spacial score (nSPS) is 16.2. The molecule has 1 aromatic heterocycles. The Morgan fingerprint density at radius 2 is 1.93 bits per heavy atom. The van der Waals surface area contributed by atoms with E-state index in [0.29, 0.717) is 12.1 Å². The van der Waals surface area contributed by atoms with Crippen molar-refractivity contribution in [2.75, 3.05) is 20.8 Å². The number of hydrogen-bond acceptors (Lipinski definition) is 6. The Balaban J connectivity index is 1.59. The van der Waals surface area contributed by atoms with Gasteiger partial charge in [-0.05, 0) is 59.7 Å². The molecule has 3 aromatic rings. The highest BCUT2D eigenvalue weighted by Crippen LogP contribution is 2.39. The van der Waals surface area contributed by atoms with Crippen molar-refractivity contribution >= 4 is 5.91 Å². The van der Waals surface area contributed by atoms with E-state index < -0.39 is 0 Å². The van der Waals surface area contributed by atoms with Gasteiger partial charge in [-0.25, -0.2) is 4.68 Å². The van der Waals surface area contributed by atoms with Crippen LogP contribution in [0.1, 0.15) is 34.8 Å². The molecular weight excluding hydrogens is 358 g/mol. The van der Waals surface area contributed by atoms with Crippen LogP contribution in [0.2, 0.25) is 0 Å². The lowest BCUT2D eigenvalue weighted by Gasteiger charge is -2.26. The fourth-order valence-electron chi connectivity index (χ4n) is 3.63. The van der Waals surface area contributed by atoms with Crippen molar-refractivity contribution in [2.45, 2.75) is 18.9 Å². The Kier molecular flexibility index (Phi) is 4.92. The molecule has 0 unspecified atom stereocenters. The highest BCUT2D eigenvalue weighted by Gasteiger charge is 2.32. The average Bonchev–Trinajstić information content (AvgIpc) is 3.45. The number of rotatable bonds is 5. The zero-order valence-corrected chi connectivity index (χ0v) is 15.8. The van der Waals surface area contributed by atoms with E-state index >= 15 is 0 Å². The molecule has 0 saturated carbocycles. The summed E-state index contributed by atoms with van der Waals surface area (Å²) in [6.45, 7) is 0.716. The first-order chi connectivity index (χ1) is 13.7. The third-order valence-electron chi connectivity index (χ3n) is 5.04. The fraction of sp³-hybridized carbons (Fsp3) is 0.300. The van der Waals surface area contributed by atoms with Crippen LogP contribution in [-0.2, 0) is 0 Å². The van der Waals surface area contributed by atoms with Crippen molar-refractivity contribution in [3.05, 3.63) is 59.9 Å². The second-order valence-corrected chi connectivity index (χ2v) is 6.57. The van der Waals surface area contributed by atoms with E-state index in [9.17, 15) is 4.79 Å². The lowest BCUT2D eigenvalue weighted by molar-refractivity contribution is 0.0734. The van der Waals surface area contributed by atoms with Gasteiger partial charge in [-0.15, -0.1) is 5.10 Å². The molecule has 0 spiro atoms. The lowest BCUT2D eigenvalue weighted by Crippen LogP contribution is -2.30. The van der Waals surface area contributed by atoms with E-state index in [1.165, 1.54) is 6.33 Å². The molecule has 8 heteroatoms. The maximum atomic E-state index is 13.2. The zero-order valence-electron chi connectivity index (χ0n) is 15.8. The van der Waals surface area contributed by atoms with E-state index in [4.69, 9.17) is 9.47 Å². The number of hydrogen-bond donors (Lipinski definition) is 0. The van der Waals surface area contributed by atoms with Crippen LogP contribution in [0.25, 0.3) is 5.69 Å². The van der Waals surface area contributed by atoms with Crippen LogP contribution in [0.3, 0.4) is 0 Å². The Labute approximate surface area is 162 Å². The third-order valence-corrected chi connectivity index (χ3v) is 5.04. The Morgan fingerprint density at radius 3 is 2.61 bits per heavy atom. The van der Waals surface area contributed by atoms with Gasteiger partial charge in [0.05, 0.1) is 25.9 Å². The van der Waals surface area contributed by atoms with Crippen LogP contribution in [0, 0.1) is 0 Å². The van der Waals surface area contributed by atoms with Gasteiger partial charge in [0.25, 0.3) is 5.91 Å². The number of benzene rings is 2. The second kappa shape index (κ2) is 7.67. The molecule has 8 nitrogen and oxygen atoms in total. The summed E-state index contributed by atoms with van der Waals surface area (Å²) in [4.78, 5) is 15.1. The molecule has 2 aromatic carbocycles. The molecule has 2 heterocycles. The molecule has 144 valence electrons. The minimum atomic E-state index is -0.0208. The van der Waals surface area contributed by atoms with Gasteiger partial charge in [0.2, 0.25) is 0 Å². The molecule has 28 heavy (non-hydrogen) atoms. The summed E-state index contributed by atoms with van der Waals surface area (Å²) in [6, 6.07) is 13.0. The largest absolute Gasteiger partial charge is 0.497 e. The van der Waals surface area contributed by atoms with Crippen molar-refractivity contribution in [1.29, 1.82) is 0 Å². The molecule has 1 aliphatic heterocycles.